The standard InChI is InChI=1S/C7H10OS/c8-7-3-1-2-5-9-6-4-7/h4,6H,1-3,5H2/b6-4-. The van der Waals surface area contributed by atoms with Gasteiger partial charge in [-0.3, -0.25) is 4.79 Å². The first kappa shape index (κ1) is 6.87. The van der Waals surface area contributed by atoms with Gasteiger partial charge in [0.25, 0.3) is 0 Å². The van der Waals surface area contributed by atoms with Crippen molar-refractivity contribution in [1.29, 1.82) is 0 Å². The molecule has 0 aromatic carbocycles. The first-order valence-electron chi connectivity index (χ1n) is 3.20. The molecule has 9 heavy (non-hydrogen) atoms. The second kappa shape index (κ2) is 3.72. The third-order valence-electron chi connectivity index (χ3n) is 1.29. The monoisotopic (exact) mass is 142 g/mol. The number of thioether (sulfide) groups is 1. The zero-order chi connectivity index (χ0) is 6.53. The van der Waals surface area contributed by atoms with Gasteiger partial charge in [-0.25, -0.2) is 0 Å². The Bertz CT molecular complexity index is 129. The van der Waals surface area contributed by atoms with Crippen molar-refractivity contribution in [1.82, 2.24) is 0 Å². The first-order valence-corrected chi connectivity index (χ1v) is 4.25. The molecule has 0 aromatic heterocycles. The predicted octanol–water partition coefficient (Wildman–Crippen LogP) is 1.99. The number of hydrogen-bond donors (Lipinski definition) is 0. The highest BCUT2D eigenvalue weighted by atomic mass is 32.2. The van der Waals surface area contributed by atoms with Crippen LogP contribution >= 0.6 is 11.8 Å². The lowest BCUT2D eigenvalue weighted by molar-refractivity contribution is -0.114. The lowest BCUT2D eigenvalue weighted by Gasteiger charge is -1.99. The molecule has 1 nitrogen and oxygen atoms in total. The van der Waals surface area contributed by atoms with Gasteiger partial charge in [-0.1, -0.05) is 0 Å². The van der Waals surface area contributed by atoms with Crippen LogP contribution in [0.5, 0.6) is 0 Å². The molecule has 0 aromatic rings. The highest BCUT2D eigenvalue weighted by Crippen LogP contribution is 2.11. The average Bonchev–Trinajstić information content (AvgIpc) is 1.79. The summed E-state index contributed by atoms with van der Waals surface area (Å²) in [6, 6.07) is 0. The molecular weight excluding hydrogens is 132 g/mol. The molecule has 0 aliphatic carbocycles. The maximum atomic E-state index is 10.7. The van der Waals surface area contributed by atoms with Crippen LogP contribution in [0.1, 0.15) is 19.3 Å². The minimum Gasteiger partial charge on any atom is -0.295 e. The van der Waals surface area contributed by atoms with Crippen LogP contribution in [-0.4, -0.2) is 11.5 Å². The molecule has 1 aliphatic heterocycles. The van der Waals surface area contributed by atoms with Crippen LogP contribution in [0.3, 0.4) is 0 Å². The molecule has 0 spiro atoms. The Labute approximate surface area is 59.5 Å². The molecule has 0 N–H and O–H groups in total. The predicted molar refractivity (Wildman–Crippen MR) is 40.5 cm³/mol. The largest absolute Gasteiger partial charge is 0.295 e. The Morgan fingerprint density at radius 3 is 3.22 bits per heavy atom. The summed E-state index contributed by atoms with van der Waals surface area (Å²) < 4.78 is 0. The summed E-state index contributed by atoms with van der Waals surface area (Å²) in [4.78, 5) is 10.7. The highest BCUT2D eigenvalue weighted by Gasteiger charge is 1.98. The normalized spacial score (nSPS) is 24.7. The van der Waals surface area contributed by atoms with Gasteiger partial charge in [-0.15, -0.1) is 11.8 Å². The van der Waals surface area contributed by atoms with Gasteiger partial charge in [-0.05, 0) is 30.1 Å². The Morgan fingerprint density at radius 2 is 2.33 bits per heavy atom. The van der Waals surface area contributed by atoms with Gasteiger partial charge in [0.1, 0.15) is 0 Å². The van der Waals surface area contributed by atoms with E-state index in [0.717, 1.165) is 12.8 Å². The van der Waals surface area contributed by atoms with Crippen molar-refractivity contribution in [3.8, 4) is 0 Å². The van der Waals surface area contributed by atoms with Crippen LogP contribution in [0.25, 0.3) is 0 Å². The quantitative estimate of drug-likeness (QED) is 0.514. The van der Waals surface area contributed by atoms with E-state index in [1.165, 1.54) is 12.2 Å². The summed E-state index contributed by atoms with van der Waals surface area (Å²) in [6.45, 7) is 0. The van der Waals surface area contributed by atoms with Crippen molar-refractivity contribution >= 4 is 17.5 Å². The SMILES string of the molecule is O=C1/C=C\SCCCC1. The van der Waals surface area contributed by atoms with E-state index >= 15 is 0 Å². The van der Waals surface area contributed by atoms with Gasteiger partial charge >= 0.3 is 0 Å². The molecular formula is C7H10OS. The molecule has 1 heterocycles. The van der Waals surface area contributed by atoms with Gasteiger partial charge in [0.15, 0.2) is 5.78 Å². The molecule has 0 bridgehead atoms. The maximum absolute atomic E-state index is 10.7. The molecule has 0 amide bonds. The Morgan fingerprint density at radius 1 is 1.44 bits per heavy atom. The zero-order valence-electron chi connectivity index (χ0n) is 5.30. The molecule has 0 radical (unpaired) electrons. The van der Waals surface area contributed by atoms with E-state index in [2.05, 4.69) is 0 Å². The van der Waals surface area contributed by atoms with Crippen LogP contribution < -0.4 is 0 Å². The topological polar surface area (TPSA) is 17.1 Å². The fourth-order valence-electron chi connectivity index (χ4n) is 0.760. The molecule has 1 aliphatic rings. The van der Waals surface area contributed by atoms with Gasteiger partial charge in [0.05, 0.1) is 0 Å². The second-order valence-electron chi connectivity index (χ2n) is 2.10. The number of hydrogen-bond acceptors (Lipinski definition) is 2. The number of rotatable bonds is 0. The van der Waals surface area contributed by atoms with Crippen molar-refractivity contribution in [3.63, 3.8) is 0 Å². The third-order valence-corrected chi connectivity index (χ3v) is 2.14. The molecule has 0 unspecified atom stereocenters. The van der Waals surface area contributed by atoms with E-state index in [1.807, 2.05) is 5.41 Å². The van der Waals surface area contributed by atoms with Crippen molar-refractivity contribution in [2.75, 3.05) is 5.75 Å². The van der Waals surface area contributed by atoms with Crippen LogP contribution in [0.2, 0.25) is 0 Å². The van der Waals surface area contributed by atoms with Crippen LogP contribution in [0.4, 0.5) is 0 Å². The van der Waals surface area contributed by atoms with Gasteiger partial charge < -0.3 is 0 Å². The third kappa shape index (κ3) is 2.70. The number of carbonyl (C=O) groups is 1. The molecule has 2 heteroatoms. The minimum absolute atomic E-state index is 0.280. The van der Waals surface area contributed by atoms with Gasteiger partial charge in [0.2, 0.25) is 0 Å². The highest BCUT2D eigenvalue weighted by molar-refractivity contribution is 8.02. The summed E-state index contributed by atoms with van der Waals surface area (Å²) in [5.74, 6) is 1.45. The maximum Gasteiger partial charge on any atom is 0.156 e. The Balaban J connectivity index is 2.39. The van der Waals surface area contributed by atoms with Crippen LogP contribution in [-0.2, 0) is 4.79 Å². The zero-order valence-corrected chi connectivity index (χ0v) is 6.12. The van der Waals surface area contributed by atoms with Crippen molar-refractivity contribution < 1.29 is 4.79 Å². The van der Waals surface area contributed by atoms with E-state index in [-0.39, 0.29) is 5.78 Å². The molecule has 0 saturated carbocycles. The fourth-order valence-corrected chi connectivity index (χ4v) is 1.51. The summed E-state index contributed by atoms with van der Waals surface area (Å²) in [6.07, 6.45) is 4.68. The van der Waals surface area contributed by atoms with E-state index in [4.69, 9.17) is 0 Å². The lowest BCUT2D eigenvalue weighted by Crippen LogP contribution is -1.94. The van der Waals surface area contributed by atoms with E-state index in [9.17, 15) is 4.79 Å². The van der Waals surface area contributed by atoms with Gasteiger partial charge in [-0.2, -0.15) is 0 Å². The average molecular weight is 142 g/mol. The molecule has 0 atom stereocenters. The van der Waals surface area contributed by atoms with Gasteiger partial charge in [0, 0.05) is 6.42 Å². The van der Waals surface area contributed by atoms with Crippen LogP contribution in [0.15, 0.2) is 11.5 Å². The van der Waals surface area contributed by atoms with E-state index in [1.54, 1.807) is 17.8 Å². The first-order chi connectivity index (χ1) is 4.39. The summed E-state index contributed by atoms with van der Waals surface area (Å²) in [7, 11) is 0. The number of carbonyl (C=O) groups excluding carboxylic acids is 1. The van der Waals surface area contributed by atoms with Crippen LogP contribution in [0, 0.1) is 0 Å². The summed E-state index contributed by atoms with van der Waals surface area (Å²) >= 11 is 1.73. The molecule has 50 valence electrons. The number of allylic oxidation sites excluding steroid dienone is 1. The second-order valence-corrected chi connectivity index (χ2v) is 3.11. The Hall–Kier alpha value is -0.240. The summed E-state index contributed by atoms with van der Waals surface area (Å²) in [5, 5.41) is 1.90. The minimum atomic E-state index is 0.280. The molecule has 0 saturated heterocycles. The van der Waals surface area contributed by atoms with E-state index < -0.39 is 0 Å². The smallest absolute Gasteiger partial charge is 0.156 e. The molecule has 0 fully saturated rings. The van der Waals surface area contributed by atoms with E-state index in [0.29, 0.717) is 0 Å². The Kier molecular flexibility index (Phi) is 2.84. The summed E-state index contributed by atoms with van der Waals surface area (Å²) in [5.41, 5.74) is 0. The fraction of sp³-hybridized carbons (Fsp3) is 0.571. The lowest BCUT2D eigenvalue weighted by atomic mass is 10.2. The number of ketones is 1. The van der Waals surface area contributed by atoms with Crippen molar-refractivity contribution in [2.24, 2.45) is 0 Å². The molecule has 1 rings (SSSR count). The van der Waals surface area contributed by atoms with Crippen molar-refractivity contribution in [3.05, 3.63) is 11.5 Å². The van der Waals surface area contributed by atoms with Crippen molar-refractivity contribution in [2.45, 2.75) is 19.3 Å².